The lowest BCUT2D eigenvalue weighted by atomic mass is 9.94. The normalized spacial score (nSPS) is 19.6. The van der Waals surface area contributed by atoms with Gasteiger partial charge >= 0.3 is 0 Å². The summed E-state index contributed by atoms with van der Waals surface area (Å²) in [5.41, 5.74) is 0.515. The molecule has 0 radical (unpaired) electrons. The topological polar surface area (TPSA) is 46.5 Å². The Kier molecular flexibility index (Phi) is 2.11. The maximum Gasteiger partial charge on any atom is 0.165 e. The van der Waals surface area contributed by atoms with Crippen molar-refractivity contribution in [1.29, 1.82) is 0 Å². The molecule has 0 spiro atoms. The van der Waals surface area contributed by atoms with Gasteiger partial charge in [0.15, 0.2) is 11.6 Å². The quantitative estimate of drug-likeness (QED) is 0.694. The molecule has 1 aromatic rings. The lowest BCUT2D eigenvalue weighted by Gasteiger charge is -2.22. The summed E-state index contributed by atoms with van der Waals surface area (Å²) < 4.78 is 18.2. The molecule has 1 atom stereocenters. The average Bonchev–Trinajstić information content (AvgIpc) is 2.19. The van der Waals surface area contributed by atoms with Crippen LogP contribution in [0.3, 0.4) is 0 Å². The van der Waals surface area contributed by atoms with Gasteiger partial charge in [0, 0.05) is 17.5 Å². The standard InChI is InChI=1S/C10H9FO3/c11-8-3-7-6(5-12)1-2-14-10(7)4-9(8)13/h3-6,13H,1-2H2. The van der Waals surface area contributed by atoms with Gasteiger partial charge in [-0.1, -0.05) is 0 Å². The third-order valence-corrected chi connectivity index (χ3v) is 2.33. The summed E-state index contributed by atoms with van der Waals surface area (Å²) in [6.07, 6.45) is 1.33. The predicted octanol–water partition coefficient (Wildman–Crippen LogP) is 1.60. The van der Waals surface area contributed by atoms with Gasteiger partial charge in [-0.05, 0) is 12.5 Å². The summed E-state index contributed by atoms with van der Waals surface area (Å²) in [6.45, 7) is 0.418. The van der Waals surface area contributed by atoms with Gasteiger partial charge in [0.05, 0.1) is 6.61 Å². The van der Waals surface area contributed by atoms with E-state index in [9.17, 15) is 9.18 Å². The molecule has 1 aliphatic heterocycles. The third kappa shape index (κ3) is 1.32. The molecule has 14 heavy (non-hydrogen) atoms. The molecule has 0 aromatic heterocycles. The molecule has 0 aliphatic carbocycles. The van der Waals surface area contributed by atoms with Crippen molar-refractivity contribution in [3.05, 3.63) is 23.5 Å². The predicted molar refractivity (Wildman–Crippen MR) is 47.0 cm³/mol. The second-order valence-electron chi connectivity index (χ2n) is 3.22. The van der Waals surface area contributed by atoms with Crippen molar-refractivity contribution in [3.63, 3.8) is 0 Å². The van der Waals surface area contributed by atoms with Gasteiger partial charge in [-0.2, -0.15) is 0 Å². The highest BCUT2D eigenvalue weighted by atomic mass is 19.1. The molecule has 1 unspecified atom stereocenters. The molecule has 0 fully saturated rings. The van der Waals surface area contributed by atoms with Gasteiger partial charge in [0.2, 0.25) is 0 Å². The minimum absolute atomic E-state index is 0.325. The molecule has 4 heteroatoms. The van der Waals surface area contributed by atoms with Crippen molar-refractivity contribution in [1.82, 2.24) is 0 Å². The van der Waals surface area contributed by atoms with Crippen LogP contribution in [0.4, 0.5) is 4.39 Å². The number of phenols is 1. The Bertz CT molecular complexity index is 376. The van der Waals surface area contributed by atoms with E-state index in [2.05, 4.69) is 0 Å². The molecule has 0 amide bonds. The molecule has 74 valence electrons. The molecule has 0 bridgehead atoms. The Hall–Kier alpha value is -1.58. The first kappa shape index (κ1) is 8.99. The first-order valence-corrected chi connectivity index (χ1v) is 4.33. The van der Waals surface area contributed by atoms with E-state index in [-0.39, 0.29) is 5.92 Å². The number of carbonyl (C=O) groups excluding carboxylic acids is 1. The highest BCUT2D eigenvalue weighted by Crippen LogP contribution is 2.36. The monoisotopic (exact) mass is 196 g/mol. The number of ether oxygens (including phenoxy) is 1. The molecule has 2 rings (SSSR count). The third-order valence-electron chi connectivity index (χ3n) is 2.33. The highest BCUT2D eigenvalue weighted by molar-refractivity contribution is 5.65. The number of aromatic hydroxyl groups is 1. The molecule has 1 aromatic carbocycles. The summed E-state index contributed by atoms with van der Waals surface area (Å²) in [7, 11) is 0. The first-order chi connectivity index (χ1) is 6.72. The van der Waals surface area contributed by atoms with Crippen molar-refractivity contribution in [2.45, 2.75) is 12.3 Å². The number of phenolic OH excluding ortho intramolecular Hbond substituents is 1. The fourth-order valence-corrected chi connectivity index (χ4v) is 1.57. The van der Waals surface area contributed by atoms with Crippen molar-refractivity contribution < 1.29 is 19.0 Å². The van der Waals surface area contributed by atoms with Crippen molar-refractivity contribution in [2.24, 2.45) is 0 Å². The minimum atomic E-state index is -0.721. The zero-order valence-electron chi connectivity index (χ0n) is 7.37. The Morgan fingerprint density at radius 1 is 1.57 bits per heavy atom. The maximum atomic E-state index is 13.0. The van der Waals surface area contributed by atoms with Crippen LogP contribution >= 0.6 is 0 Å². The van der Waals surface area contributed by atoms with Gasteiger partial charge in [-0.15, -0.1) is 0 Å². The molecule has 1 aliphatic rings. The summed E-state index contributed by atoms with van der Waals surface area (Å²) in [4.78, 5) is 10.7. The molecule has 3 nitrogen and oxygen atoms in total. The van der Waals surface area contributed by atoms with Crippen LogP contribution in [-0.4, -0.2) is 18.0 Å². The van der Waals surface area contributed by atoms with Gasteiger partial charge in [-0.25, -0.2) is 4.39 Å². The number of halogens is 1. The van der Waals surface area contributed by atoms with Crippen LogP contribution in [0.2, 0.25) is 0 Å². The average molecular weight is 196 g/mol. The second-order valence-corrected chi connectivity index (χ2v) is 3.22. The smallest absolute Gasteiger partial charge is 0.165 e. The zero-order valence-corrected chi connectivity index (χ0v) is 7.37. The number of benzene rings is 1. The fraction of sp³-hybridized carbons (Fsp3) is 0.300. The molecule has 0 saturated carbocycles. The van der Waals surface area contributed by atoms with E-state index in [1.807, 2.05) is 0 Å². The summed E-state index contributed by atoms with van der Waals surface area (Å²) >= 11 is 0. The summed E-state index contributed by atoms with van der Waals surface area (Å²) in [6, 6.07) is 2.36. The molecule has 0 saturated heterocycles. The van der Waals surface area contributed by atoms with E-state index in [1.165, 1.54) is 6.07 Å². The van der Waals surface area contributed by atoms with Crippen molar-refractivity contribution in [2.75, 3.05) is 6.61 Å². The number of hydrogen-bond donors (Lipinski definition) is 1. The van der Waals surface area contributed by atoms with Crippen LogP contribution < -0.4 is 4.74 Å². The first-order valence-electron chi connectivity index (χ1n) is 4.33. The Morgan fingerprint density at radius 3 is 3.07 bits per heavy atom. The highest BCUT2D eigenvalue weighted by Gasteiger charge is 2.22. The molecule has 1 heterocycles. The van der Waals surface area contributed by atoms with E-state index < -0.39 is 11.6 Å². The van der Waals surface area contributed by atoms with Crippen molar-refractivity contribution >= 4 is 6.29 Å². The summed E-state index contributed by atoms with van der Waals surface area (Å²) in [5, 5.41) is 9.09. The minimum Gasteiger partial charge on any atom is -0.505 e. The van der Waals surface area contributed by atoms with E-state index in [1.54, 1.807) is 0 Å². The van der Waals surface area contributed by atoms with Crippen LogP contribution in [0.25, 0.3) is 0 Å². The van der Waals surface area contributed by atoms with E-state index in [0.29, 0.717) is 24.3 Å². The van der Waals surface area contributed by atoms with E-state index >= 15 is 0 Å². The Balaban J connectivity index is 2.52. The number of rotatable bonds is 1. The van der Waals surface area contributed by atoms with Gasteiger partial charge in [0.25, 0.3) is 0 Å². The van der Waals surface area contributed by atoms with Crippen molar-refractivity contribution in [3.8, 4) is 11.5 Å². The largest absolute Gasteiger partial charge is 0.505 e. The van der Waals surface area contributed by atoms with E-state index in [0.717, 1.165) is 12.4 Å². The lowest BCUT2D eigenvalue weighted by molar-refractivity contribution is -0.109. The summed E-state index contributed by atoms with van der Waals surface area (Å²) in [5.74, 6) is -1.10. The number of hydrogen-bond acceptors (Lipinski definition) is 3. The van der Waals surface area contributed by atoms with Gasteiger partial charge in [0.1, 0.15) is 12.0 Å². The van der Waals surface area contributed by atoms with Crippen LogP contribution in [-0.2, 0) is 4.79 Å². The molecular formula is C10H9FO3. The SMILES string of the molecule is O=CC1CCOc2cc(O)c(F)cc21. The Labute approximate surface area is 80.1 Å². The van der Waals surface area contributed by atoms with Crippen LogP contribution in [0.1, 0.15) is 17.9 Å². The molecular weight excluding hydrogens is 187 g/mol. The van der Waals surface area contributed by atoms with Gasteiger partial charge < -0.3 is 14.6 Å². The Morgan fingerprint density at radius 2 is 2.36 bits per heavy atom. The number of carbonyl (C=O) groups is 1. The number of fused-ring (bicyclic) bond motifs is 1. The lowest BCUT2D eigenvalue weighted by Crippen LogP contribution is -2.15. The second kappa shape index (κ2) is 3.29. The van der Waals surface area contributed by atoms with E-state index in [4.69, 9.17) is 9.84 Å². The van der Waals surface area contributed by atoms with Crippen LogP contribution in [0, 0.1) is 5.82 Å². The van der Waals surface area contributed by atoms with Gasteiger partial charge in [-0.3, -0.25) is 0 Å². The van der Waals surface area contributed by atoms with Crippen LogP contribution in [0.15, 0.2) is 12.1 Å². The zero-order chi connectivity index (χ0) is 10.1. The fourth-order valence-electron chi connectivity index (χ4n) is 1.57. The van der Waals surface area contributed by atoms with Crippen LogP contribution in [0.5, 0.6) is 11.5 Å². The number of aldehydes is 1. The maximum absolute atomic E-state index is 13.0. The molecule has 1 N–H and O–H groups in total.